The third-order valence-electron chi connectivity index (χ3n) is 3.98. The first kappa shape index (κ1) is 16.8. The maximum Gasteiger partial charge on any atom is 0.251 e. The van der Waals surface area contributed by atoms with Crippen molar-refractivity contribution in [2.24, 2.45) is 0 Å². The summed E-state index contributed by atoms with van der Waals surface area (Å²) in [6.07, 6.45) is 4.64. The molecule has 0 fully saturated rings. The van der Waals surface area contributed by atoms with Crippen molar-refractivity contribution in [2.45, 2.75) is 13.3 Å². The molecule has 0 bridgehead atoms. The molecule has 0 unspecified atom stereocenters. The van der Waals surface area contributed by atoms with E-state index in [1.165, 1.54) is 5.56 Å². The average molecular weight is 339 g/mol. The lowest BCUT2D eigenvalue weighted by Gasteiger charge is -2.09. The molecule has 0 aliphatic carbocycles. The van der Waals surface area contributed by atoms with Crippen LogP contribution in [0.5, 0.6) is 11.5 Å². The molecule has 1 N–H and O–H groups in total. The van der Waals surface area contributed by atoms with Crippen LogP contribution in [0.1, 0.15) is 21.6 Å². The minimum atomic E-state index is -0.152. The van der Waals surface area contributed by atoms with Gasteiger partial charge in [0.05, 0.1) is 19.9 Å². The third-order valence-corrected chi connectivity index (χ3v) is 3.98. The van der Waals surface area contributed by atoms with Crippen molar-refractivity contribution in [1.82, 2.24) is 14.7 Å². The largest absolute Gasteiger partial charge is 0.493 e. The van der Waals surface area contributed by atoms with Crippen LogP contribution in [0.15, 0.2) is 42.7 Å². The zero-order valence-electron chi connectivity index (χ0n) is 14.6. The van der Waals surface area contributed by atoms with Gasteiger partial charge in [0.15, 0.2) is 11.5 Å². The van der Waals surface area contributed by atoms with Crippen LogP contribution in [-0.2, 0) is 6.42 Å². The van der Waals surface area contributed by atoms with Crippen LogP contribution in [0.4, 0.5) is 0 Å². The summed E-state index contributed by atoms with van der Waals surface area (Å²) in [5, 5.41) is 2.91. The number of benzene rings is 1. The molecule has 0 aliphatic heterocycles. The number of amides is 1. The summed E-state index contributed by atoms with van der Waals surface area (Å²) in [4.78, 5) is 16.9. The summed E-state index contributed by atoms with van der Waals surface area (Å²) in [5.74, 6) is 0.977. The molecule has 0 spiro atoms. The fourth-order valence-electron chi connectivity index (χ4n) is 2.64. The molecule has 0 saturated heterocycles. The van der Waals surface area contributed by atoms with E-state index in [0.717, 1.165) is 11.3 Å². The third kappa shape index (κ3) is 3.74. The van der Waals surface area contributed by atoms with E-state index in [4.69, 9.17) is 9.47 Å². The molecular formula is C19H21N3O3. The molecule has 3 aromatic rings. The van der Waals surface area contributed by atoms with Gasteiger partial charge in [-0.15, -0.1) is 0 Å². The fourth-order valence-corrected chi connectivity index (χ4v) is 2.64. The van der Waals surface area contributed by atoms with E-state index in [1.807, 2.05) is 35.9 Å². The normalized spacial score (nSPS) is 10.7. The second-order valence-corrected chi connectivity index (χ2v) is 5.78. The maximum atomic E-state index is 12.3. The first-order valence-electron chi connectivity index (χ1n) is 8.05. The van der Waals surface area contributed by atoms with E-state index < -0.39 is 0 Å². The Morgan fingerprint density at radius 3 is 2.72 bits per heavy atom. The highest BCUT2D eigenvalue weighted by Gasteiger charge is 2.10. The van der Waals surface area contributed by atoms with Gasteiger partial charge in [-0.2, -0.15) is 0 Å². The number of pyridine rings is 1. The van der Waals surface area contributed by atoms with Crippen LogP contribution in [0.2, 0.25) is 0 Å². The van der Waals surface area contributed by atoms with Gasteiger partial charge in [0.2, 0.25) is 0 Å². The highest BCUT2D eigenvalue weighted by atomic mass is 16.5. The molecule has 2 heterocycles. The summed E-state index contributed by atoms with van der Waals surface area (Å²) < 4.78 is 12.4. The monoisotopic (exact) mass is 339 g/mol. The van der Waals surface area contributed by atoms with Crippen molar-refractivity contribution in [3.05, 3.63) is 59.5 Å². The molecule has 2 aromatic heterocycles. The first-order valence-corrected chi connectivity index (χ1v) is 8.05. The van der Waals surface area contributed by atoms with Gasteiger partial charge >= 0.3 is 0 Å². The predicted octanol–water partition coefficient (Wildman–Crippen LogP) is 2.63. The van der Waals surface area contributed by atoms with Gasteiger partial charge in [-0.3, -0.25) is 4.79 Å². The molecule has 1 aromatic carbocycles. The molecule has 130 valence electrons. The Labute approximate surface area is 146 Å². The number of nitrogens with zero attached hydrogens (tertiary/aromatic N) is 2. The lowest BCUT2D eigenvalue weighted by Crippen LogP contribution is -2.25. The van der Waals surface area contributed by atoms with Crippen molar-refractivity contribution in [3.63, 3.8) is 0 Å². The molecule has 0 aliphatic rings. The predicted molar refractivity (Wildman–Crippen MR) is 95.5 cm³/mol. The smallest absolute Gasteiger partial charge is 0.251 e. The topological polar surface area (TPSA) is 64.9 Å². The van der Waals surface area contributed by atoms with Gasteiger partial charge in [-0.05, 0) is 42.8 Å². The number of imidazole rings is 1. The summed E-state index contributed by atoms with van der Waals surface area (Å²) >= 11 is 0. The second-order valence-electron chi connectivity index (χ2n) is 5.78. The Kier molecular flexibility index (Phi) is 4.88. The van der Waals surface area contributed by atoms with Gasteiger partial charge in [-0.1, -0.05) is 0 Å². The summed E-state index contributed by atoms with van der Waals surface area (Å²) in [6, 6.07) is 9.17. The number of ether oxygens (including phenoxy) is 2. The van der Waals surface area contributed by atoms with Gasteiger partial charge in [-0.25, -0.2) is 4.98 Å². The fraction of sp³-hybridized carbons (Fsp3) is 0.263. The molecule has 6 nitrogen and oxygen atoms in total. The number of nitrogens with one attached hydrogen (secondary N) is 1. The summed E-state index contributed by atoms with van der Waals surface area (Å²) in [5.41, 5.74) is 3.56. The number of aryl methyl sites for hydroxylation is 1. The Morgan fingerprint density at radius 1 is 1.16 bits per heavy atom. The molecule has 25 heavy (non-hydrogen) atoms. The van der Waals surface area contributed by atoms with Crippen molar-refractivity contribution < 1.29 is 14.3 Å². The van der Waals surface area contributed by atoms with Gasteiger partial charge in [0, 0.05) is 30.9 Å². The average Bonchev–Trinajstić information content (AvgIpc) is 3.02. The van der Waals surface area contributed by atoms with Crippen LogP contribution in [0.3, 0.4) is 0 Å². The van der Waals surface area contributed by atoms with E-state index in [9.17, 15) is 4.79 Å². The van der Waals surface area contributed by atoms with Gasteiger partial charge in [0.25, 0.3) is 5.91 Å². The molecular weight excluding hydrogens is 318 g/mol. The van der Waals surface area contributed by atoms with Crippen molar-refractivity contribution >= 4 is 11.6 Å². The van der Waals surface area contributed by atoms with E-state index in [1.54, 1.807) is 32.4 Å². The van der Waals surface area contributed by atoms with Crippen LogP contribution >= 0.6 is 0 Å². The van der Waals surface area contributed by atoms with Crippen molar-refractivity contribution in [3.8, 4) is 11.5 Å². The number of carbonyl (C=O) groups excluding carboxylic acids is 1. The minimum absolute atomic E-state index is 0.152. The van der Waals surface area contributed by atoms with Gasteiger partial charge < -0.3 is 19.2 Å². The van der Waals surface area contributed by atoms with Gasteiger partial charge in [0.1, 0.15) is 5.65 Å². The van der Waals surface area contributed by atoms with Crippen LogP contribution in [0.25, 0.3) is 5.65 Å². The quantitative estimate of drug-likeness (QED) is 0.750. The minimum Gasteiger partial charge on any atom is -0.493 e. The van der Waals surface area contributed by atoms with E-state index in [-0.39, 0.29) is 5.91 Å². The number of fused-ring (bicyclic) bond motifs is 1. The molecule has 0 atom stereocenters. The summed E-state index contributed by atoms with van der Waals surface area (Å²) in [7, 11) is 3.11. The standard InChI is InChI=1S/C19H21N3O3/c1-13-7-9-22-12-15(21-18(22)10-13)6-8-20-19(23)14-4-5-16(24-2)17(11-14)25-3/h4-5,7,9-12H,6,8H2,1-3H3,(H,20,23). The number of hydrogen-bond acceptors (Lipinski definition) is 4. The lowest BCUT2D eigenvalue weighted by molar-refractivity contribution is 0.0953. The van der Waals surface area contributed by atoms with Crippen LogP contribution < -0.4 is 14.8 Å². The van der Waals surface area contributed by atoms with Crippen LogP contribution in [0, 0.1) is 6.92 Å². The molecule has 0 saturated carbocycles. The molecule has 3 rings (SSSR count). The summed E-state index contributed by atoms with van der Waals surface area (Å²) in [6.45, 7) is 2.55. The van der Waals surface area contributed by atoms with E-state index >= 15 is 0 Å². The Morgan fingerprint density at radius 2 is 1.96 bits per heavy atom. The first-order chi connectivity index (χ1) is 12.1. The zero-order chi connectivity index (χ0) is 17.8. The lowest BCUT2D eigenvalue weighted by atomic mass is 10.2. The number of methoxy groups -OCH3 is 2. The Balaban J connectivity index is 1.62. The number of hydrogen-bond donors (Lipinski definition) is 1. The Hall–Kier alpha value is -3.02. The number of rotatable bonds is 6. The maximum absolute atomic E-state index is 12.3. The van der Waals surface area contributed by atoms with Crippen LogP contribution in [-0.4, -0.2) is 36.1 Å². The second kappa shape index (κ2) is 7.25. The van der Waals surface area contributed by atoms with E-state index in [2.05, 4.69) is 10.3 Å². The Bertz CT molecular complexity index is 902. The highest BCUT2D eigenvalue weighted by Crippen LogP contribution is 2.27. The number of carbonyl (C=O) groups is 1. The highest BCUT2D eigenvalue weighted by molar-refractivity contribution is 5.94. The van der Waals surface area contributed by atoms with Crippen molar-refractivity contribution in [1.29, 1.82) is 0 Å². The zero-order valence-corrected chi connectivity index (χ0v) is 14.6. The SMILES string of the molecule is COc1ccc(C(=O)NCCc2cn3ccc(C)cc3n2)cc1OC. The molecule has 0 radical (unpaired) electrons. The molecule has 6 heteroatoms. The molecule has 1 amide bonds. The van der Waals surface area contributed by atoms with E-state index in [0.29, 0.717) is 30.0 Å². The number of aromatic nitrogens is 2. The van der Waals surface area contributed by atoms with Crippen molar-refractivity contribution in [2.75, 3.05) is 20.8 Å².